The number of nitrogens with two attached hydrogens (primary N) is 1. The number of anilines is 1. The molecule has 1 aromatic carbocycles. The maximum absolute atomic E-state index is 11.2. The summed E-state index contributed by atoms with van der Waals surface area (Å²) in [6.45, 7) is 4.59. The lowest BCUT2D eigenvalue weighted by molar-refractivity contribution is 0.0994. The summed E-state index contributed by atoms with van der Waals surface area (Å²) in [7, 11) is 0. The monoisotopic (exact) mass is 453 g/mol. The van der Waals surface area contributed by atoms with Gasteiger partial charge in [0.25, 0.3) is 5.91 Å². The van der Waals surface area contributed by atoms with Gasteiger partial charge >= 0.3 is 0 Å². The Labute approximate surface area is 193 Å². The van der Waals surface area contributed by atoms with Crippen molar-refractivity contribution >= 4 is 23.3 Å². The van der Waals surface area contributed by atoms with E-state index in [9.17, 15) is 4.79 Å². The second-order valence-corrected chi connectivity index (χ2v) is 8.88. The van der Waals surface area contributed by atoms with Crippen LogP contribution in [-0.2, 0) is 6.54 Å². The minimum Gasteiger partial charge on any atom is -0.364 e. The fraction of sp³-hybridized carbons (Fsp3) is 0.478. The van der Waals surface area contributed by atoms with Gasteiger partial charge in [0.15, 0.2) is 11.5 Å². The number of nitriles is 1. The molecule has 4 rings (SSSR count). The maximum atomic E-state index is 11.2. The number of hydrogen-bond donors (Lipinski definition) is 2. The molecule has 32 heavy (non-hydrogen) atoms. The van der Waals surface area contributed by atoms with Crippen LogP contribution >= 0.6 is 11.6 Å². The molecular formula is C23H28ClN7O. The van der Waals surface area contributed by atoms with Gasteiger partial charge in [-0.1, -0.05) is 17.7 Å². The number of hydrogen-bond acceptors (Lipinski definition) is 7. The first kappa shape index (κ1) is 22.5. The van der Waals surface area contributed by atoms with Crippen molar-refractivity contribution in [2.24, 2.45) is 5.73 Å². The number of nitrogens with zero attached hydrogens (tertiary/aromatic N) is 5. The van der Waals surface area contributed by atoms with Crippen LogP contribution in [0.25, 0.3) is 0 Å². The summed E-state index contributed by atoms with van der Waals surface area (Å²) in [6, 6.07) is 12.3. The molecule has 2 aliphatic rings. The maximum Gasteiger partial charge on any atom is 0.269 e. The van der Waals surface area contributed by atoms with Gasteiger partial charge in [-0.25, -0.2) is 0 Å². The largest absolute Gasteiger partial charge is 0.364 e. The van der Waals surface area contributed by atoms with Crippen LogP contribution < -0.4 is 16.0 Å². The predicted molar refractivity (Wildman–Crippen MR) is 123 cm³/mol. The Morgan fingerprint density at radius 2 is 1.88 bits per heavy atom. The quantitative estimate of drug-likeness (QED) is 0.690. The van der Waals surface area contributed by atoms with Crippen LogP contribution in [0, 0.1) is 11.3 Å². The Balaban J connectivity index is 1.20. The second-order valence-electron chi connectivity index (χ2n) is 8.48. The van der Waals surface area contributed by atoms with Crippen LogP contribution in [0.15, 0.2) is 30.3 Å². The average molecular weight is 454 g/mol. The molecule has 168 valence electrons. The Morgan fingerprint density at radius 3 is 2.47 bits per heavy atom. The number of nitrogens with one attached hydrogen (secondary N) is 1. The van der Waals surface area contributed by atoms with E-state index in [0.717, 1.165) is 56.9 Å². The lowest BCUT2D eigenvalue weighted by atomic mass is 9.89. The molecule has 9 heteroatoms. The molecule has 2 heterocycles. The Hall–Kier alpha value is -2.73. The van der Waals surface area contributed by atoms with Gasteiger partial charge in [-0.2, -0.15) is 5.26 Å². The number of amides is 1. The third-order valence-corrected chi connectivity index (χ3v) is 6.82. The van der Waals surface area contributed by atoms with Crippen LogP contribution in [0.3, 0.4) is 0 Å². The van der Waals surface area contributed by atoms with E-state index in [2.05, 4.69) is 31.4 Å². The van der Waals surface area contributed by atoms with Gasteiger partial charge in [0.1, 0.15) is 6.07 Å². The molecule has 1 saturated heterocycles. The van der Waals surface area contributed by atoms with E-state index in [-0.39, 0.29) is 5.69 Å². The summed E-state index contributed by atoms with van der Waals surface area (Å²) < 4.78 is 0. The van der Waals surface area contributed by atoms with Gasteiger partial charge in [-0.3, -0.25) is 9.69 Å². The van der Waals surface area contributed by atoms with E-state index in [1.165, 1.54) is 12.8 Å². The summed E-state index contributed by atoms with van der Waals surface area (Å²) in [6.07, 6.45) is 4.71. The molecule has 0 unspecified atom stereocenters. The van der Waals surface area contributed by atoms with Crippen LogP contribution in [0.2, 0.25) is 5.02 Å². The fourth-order valence-electron chi connectivity index (χ4n) is 4.61. The fourth-order valence-corrected chi connectivity index (χ4v) is 4.85. The third kappa shape index (κ3) is 5.36. The molecule has 1 aliphatic carbocycles. The number of piperazine rings is 1. The van der Waals surface area contributed by atoms with E-state index in [1.54, 1.807) is 12.1 Å². The van der Waals surface area contributed by atoms with Gasteiger partial charge in [0.2, 0.25) is 0 Å². The van der Waals surface area contributed by atoms with Crippen molar-refractivity contribution in [3.63, 3.8) is 0 Å². The number of rotatable bonds is 6. The molecule has 2 fully saturated rings. The summed E-state index contributed by atoms with van der Waals surface area (Å²) in [5.41, 5.74) is 7.06. The molecule has 0 bridgehead atoms. The normalized spacial score (nSPS) is 21.8. The standard InChI is InChI=1S/C23H28ClN7O/c24-20-13-16(1-2-17(20)14-25)15-27-18-3-5-19(6-4-18)30-9-11-31(12-10-30)22-8-7-21(23(26)32)28-29-22/h1-2,7-8,13,18-19,27H,3-6,9-12,15H2,(H2,26,32). The highest BCUT2D eigenvalue weighted by Crippen LogP contribution is 2.25. The minimum atomic E-state index is -0.556. The number of carbonyl (C=O) groups is 1. The first-order chi connectivity index (χ1) is 15.5. The Morgan fingerprint density at radius 1 is 1.12 bits per heavy atom. The number of carbonyl (C=O) groups excluding carboxylic acids is 1. The molecule has 1 amide bonds. The topological polar surface area (TPSA) is 111 Å². The van der Waals surface area contributed by atoms with Gasteiger partial charge in [0.05, 0.1) is 10.6 Å². The highest BCUT2D eigenvalue weighted by atomic mass is 35.5. The number of halogens is 1. The van der Waals surface area contributed by atoms with Crippen molar-refractivity contribution < 1.29 is 4.79 Å². The van der Waals surface area contributed by atoms with Crippen molar-refractivity contribution in [3.05, 3.63) is 52.2 Å². The highest BCUT2D eigenvalue weighted by Gasteiger charge is 2.28. The predicted octanol–water partition coefficient (Wildman–Crippen LogP) is 2.32. The molecule has 0 atom stereocenters. The van der Waals surface area contributed by atoms with Gasteiger partial charge in [-0.15, -0.1) is 10.2 Å². The van der Waals surface area contributed by atoms with Crippen LogP contribution in [0.1, 0.15) is 47.3 Å². The molecule has 1 saturated carbocycles. The number of aromatic nitrogens is 2. The zero-order valence-corrected chi connectivity index (χ0v) is 18.8. The summed E-state index contributed by atoms with van der Waals surface area (Å²) >= 11 is 6.14. The highest BCUT2D eigenvalue weighted by molar-refractivity contribution is 6.31. The molecule has 0 radical (unpaired) electrons. The van der Waals surface area contributed by atoms with Crippen LogP contribution in [0.4, 0.5) is 5.82 Å². The Bertz CT molecular complexity index is 975. The SMILES string of the molecule is N#Cc1ccc(CNC2CCC(N3CCN(c4ccc(C(N)=O)nn4)CC3)CC2)cc1Cl. The van der Waals surface area contributed by atoms with Crippen LogP contribution in [-0.4, -0.2) is 59.3 Å². The summed E-state index contributed by atoms with van der Waals surface area (Å²) in [5.74, 6) is 0.241. The number of benzene rings is 1. The van der Waals surface area contributed by atoms with E-state index in [0.29, 0.717) is 22.7 Å². The number of primary amides is 1. The minimum absolute atomic E-state index is 0.194. The zero-order chi connectivity index (χ0) is 22.5. The molecule has 2 aromatic rings. The van der Waals surface area contributed by atoms with E-state index < -0.39 is 5.91 Å². The molecule has 0 spiro atoms. The van der Waals surface area contributed by atoms with Gasteiger partial charge in [-0.05, 0) is 55.5 Å². The Kier molecular flexibility index (Phi) is 7.20. The first-order valence-electron chi connectivity index (χ1n) is 11.1. The lowest BCUT2D eigenvalue weighted by Gasteiger charge is -2.42. The van der Waals surface area contributed by atoms with Crippen molar-refractivity contribution in [2.45, 2.75) is 44.3 Å². The zero-order valence-electron chi connectivity index (χ0n) is 18.0. The van der Waals surface area contributed by atoms with E-state index >= 15 is 0 Å². The second kappa shape index (κ2) is 10.3. The van der Waals surface area contributed by atoms with Crippen molar-refractivity contribution in [1.82, 2.24) is 20.4 Å². The lowest BCUT2D eigenvalue weighted by Crippen LogP contribution is -2.52. The molecule has 8 nitrogen and oxygen atoms in total. The van der Waals surface area contributed by atoms with E-state index in [4.69, 9.17) is 22.6 Å². The van der Waals surface area contributed by atoms with Crippen molar-refractivity contribution in [2.75, 3.05) is 31.1 Å². The molecule has 1 aliphatic heterocycles. The summed E-state index contributed by atoms with van der Waals surface area (Å²) in [5, 5.41) is 21.2. The van der Waals surface area contributed by atoms with Crippen LogP contribution in [0.5, 0.6) is 0 Å². The van der Waals surface area contributed by atoms with Crippen molar-refractivity contribution in [3.8, 4) is 6.07 Å². The first-order valence-corrected chi connectivity index (χ1v) is 11.5. The molecule has 1 aromatic heterocycles. The van der Waals surface area contributed by atoms with Crippen molar-refractivity contribution in [1.29, 1.82) is 5.26 Å². The third-order valence-electron chi connectivity index (χ3n) is 6.50. The van der Waals surface area contributed by atoms with E-state index in [1.807, 2.05) is 18.2 Å². The smallest absolute Gasteiger partial charge is 0.269 e. The molecular weight excluding hydrogens is 426 g/mol. The molecule has 3 N–H and O–H groups in total. The summed E-state index contributed by atoms with van der Waals surface area (Å²) in [4.78, 5) is 16.0. The average Bonchev–Trinajstić information content (AvgIpc) is 2.83. The van der Waals surface area contributed by atoms with Gasteiger partial charge in [0, 0.05) is 44.8 Å². The van der Waals surface area contributed by atoms with Gasteiger partial charge < -0.3 is 16.0 Å².